The van der Waals surface area contributed by atoms with Crippen LogP contribution in [0.5, 0.6) is 5.75 Å². The third-order valence-corrected chi connectivity index (χ3v) is 4.01. The summed E-state index contributed by atoms with van der Waals surface area (Å²) >= 11 is 0. The van der Waals surface area contributed by atoms with Gasteiger partial charge in [0.2, 0.25) is 0 Å². The summed E-state index contributed by atoms with van der Waals surface area (Å²) in [7, 11) is 0. The standard InChI is InChI=1S/C18H15F3O2/c1-11-2-3-12(8-16(11)18(19,20)21)10-23-14-5-6-15-13(9-14)4-7-17(15)22/h2-3,5-6,8-9H,4,7,10H2,1H3. The number of fused-ring (bicyclic) bond motifs is 1. The van der Waals surface area contributed by atoms with Gasteiger partial charge < -0.3 is 4.74 Å². The van der Waals surface area contributed by atoms with Gasteiger partial charge in [0.25, 0.3) is 0 Å². The number of ketones is 1. The molecule has 2 aromatic rings. The average molecular weight is 320 g/mol. The molecule has 0 heterocycles. The molecular formula is C18H15F3O2. The van der Waals surface area contributed by atoms with E-state index in [1.807, 2.05) is 0 Å². The first-order chi connectivity index (χ1) is 10.8. The lowest BCUT2D eigenvalue weighted by molar-refractivity contribution is -0.138. The van der Waals surface area contributed by atoms with E-state index in [0.717, 1.165) is 11.6 Å². The van der Waals surface area contributed by atoms with Gasteiger partial charge in [0.15, 0.2) is 5.78 Å². The molecule has 0 atom stereocenters. The zero-order chi connectivity index (χ0) is 16.6. The third-order valence-electron chi connectivity index (χ3n) is 4.01. The molecule has 5 heteroatoms. The Morgan fingerprint density at radius 3 is 2.61 bits per heavy atom. The highest BCUT2D eigenvalue weighted by Gasteiger charge is 2.32. The predicted molar refractivity (Wildman–Crippen MR) is 79.6 cm³/mol. The molecule has 0 amide bonds. The number of ether oxygens (including phenoxy) is 1. The largest absolute Gasteiger partial charge is 0.489 e. The lowest BCUT2D eigenvalue weighted by Gasteiger charge is -2.13. The molecule has 0 bridgehead atoms. The molecule has 0 N–H and O–H groups in total. The van der Waals surface area contributed by atoms with E-state index in [1.165, 1.54) is 13.0 Å². The summed E-state index contributed by atoms with van der Waals surface area (Å²) in [4.78, 5) is 11.6. The minimum Gasteiger partial charge on any atom is -0.489 e. The van der Waals surface area contributed by atoms with Crippen LogP contribution < -0.4 is 4.74 Å². The summed E-state index contributed by atoms with van der Waals surface area (Å²) < 4.78 is 44.3. The second kappa shape index (κ2) is 5.72. The molecule has 2 nitrogen and oxygen atoms in total. The van der Waals surface area contributed by atoms with Gasteiger partial charge in [-0.3, -0.25) is 4.79 Å². The van der Waals surface area contributed by atoms with Crippen LogP contribution in [0.1, 0.15) is 39.0 Å². The Morgan fingerprint density at radius 2 is 1.87 bits per heavy atom. The van der Waals surface area contributed by atoms with Crippen LogP contribution in [-0.2, 0) is 19.2 Å². The minimum absolute atomic E-state index is 0.0517. The highest BCUT2D eigenvalue weighted by Crippen LogP contribution is 2.32. The summed E-state index contributed by atoms with van der Waals surface area (Å²) in [5, 5.41) is 0. The molecule has 0 unspecified atom stereocenters. The first-order valence-electron chi connectivity index (χ1n) is 7.30. The fourth-order valence-corrected chi connectivity index (χ4v) is 2.75. The van der Waals surface area contributed by atoms with Crippen LogP contribution in [0.4, 0.5) is 13.2 Å². The maximum absolute atomic E-state index is 12.9. The maximum Gasteiger partial charge on any atom is 0.416 e. The van der Waals surface area contributed by atoms with Gasteiger partial charge in [-0.2, -0.15) is 13.2 Å². The molecule has 0 aromatic heterocycles. The Labute approximate surface area is 131 Å². The van der Waals surface area contributed by atoms with Crippen LogP contribution in [-0.4, -0.2) is 5.78 Å². The molecule has 0 saturated carbocycles. The van der Waals surface area contributed by atoms with Gasteiger partial charge in [-0.15, -0.1) is 0 Å². The van der Waals surface area contributed by atoms with Crippen molar-refractivity contribution in [2.24, 2.45) is 0 Å². The van der Waals surface area contributed by atoms with Crippen molar-refractivity contribution in [3.05, 3.63) is 64.2 Å². The SMILES string of the molecule is Cc1ccc(COc2ccc3c(c2)CCC3=O)cc1C(F)(F)F. The number of alkyl halides is 3. The van der Waals surface area contributed by atoms with Crippen molar-refractivity contribution in [2.75, 3.05) is 0 Å². The third kappa shape index (κ3) is 3.23. The second-order valence-electron chi connectivity index (χ2n) is 5.68. The van der Waals surface area contributed by atoms with E-state index in [1.54, 1.807) is 24.3 Å². The Bertz CT molecular complexity index is 763. The number of hydrogen-bond acceptors (Lipinski definition) is 2. The van der Waals surface area contributed by atoms with Crippen LogP contribution in [0.25, 0.3) is 0 Å². The molecule has 0 saturated heterocycles. The van der Waals surface area contributed by atoms with Gasteiger partial charge in [0, 0.05) is 12.0 Å². The molecule has 120 valence electrons. The Kier molecular flexibility index (Phi) is 3.88. The van der Waals surface area contributed by atoms with E-state index < -0.39 is 11.7 Å². The number of aryl methyl sites for hydroxylation is 2. The number of halogens is 3. The van der Waals surface area contributed by atoms with Crippen molar-refractivity contribution in [1.82, 2.24) is 0 Å². The monoisotopic (exact) mass is 320 g/mol. The summed E-state index contributed by atoms with van der Waals surface area (Å²) in [6.07, 6.45) is -3.17. The maximum atomic E-state index is 12.9. The van der Waals surface area contributed by atoms with E-state index in [-0.39, 0.29) is 18.0 Å². The lowest BCUT2D eigenvalue weighted by Crippen LogP contribution is -2.09. The molecule has 0 spiro atoms. The fraction of sp³-hybridized carbons (Fsp3) is 0.278. The van der Waals surface area contributed by atoms with Crippen LogP contribution in [0.15, 0.2) is 36.4 Å². The molecule has 3 rings (SSSR count). The van der Waals surface area contributed by atoms with Crippen molar-refractivity contribution in [2.45, 2.75) is 32.5 Å². The fourth-order valence-electron chi connectivity index (χ4n) is 2.75. The summed E-state index contributed by atoms with van der Waals surface area (Å²) in [5.74, 6) is 0.687. The van der Waals surface area contributed by atoms with E-state index in [9.17, 15) is 18.0 Å². The minimum atomic E-state index is -4.37. The molecule has 1 aliphatic carbocycles. The molecule has 0 radical (unpaired) electrons. The summed E-state index contributed by atoms with van der Waals surface area (Å²) in [6, 6.07) is 9.38. The average Bonchev–Trinajstić information content (AvgIpc) is 2.86. The van der Waals surface area contributed by atoms with Gasteiger partial charge in [-0.25, -0.2) is 0 Å². The van der Waals surface area contributed by atoms with Crippen molar-refractivity contribution >= 4 is 5.78 Å². The second-order valence-corrected chi connectivity index (χ2v) is 5.68. The summed E-state index contributed by atoms with van der Waals surface area (Å²) in [6.45, 7) is 1.49. The van der Waals surface area contributed by atoms with Gasteiger partial charge in [-0.1, -0.05) is 12.1 Å². The number of Topliss-reactive ketones (excluding diaryl/α,β-unsaturated/α-hetero) is 1. The van der Waals surface area contributed by atoms with Crippen LogP contribution >= 0.6 is 0 Å². The number of hydrogen-bond donors (Lipinski definition) is 0. The van der Waals surface area contributed by atoms with E-state index in [2.05, 4.69) is 0 Å². The molecule has 0 fully saturated rings. The zero-order valence-corrected chi connectivity index (χ0v) is 12.5. The Balaban J connectivity index is 1.75. The zero-order valence-electron chi connectivity index (χ0n) is 12.5. The molecule has 1 aliphatic rings. The van der Waals surface area contributed by atoms with Crippen molar-refractivity contribution in [1.29, 1.82) is 0 Å². The first kappa shape index (κ1) is 15.6. The number of carbonyl (C=O) groups excluding carboxylic acids is 1. The van der Waals surface area contributed by atoms with E-state index >= 15 is 0 Å². The van der Waals surface area contributed by atoms with Gasteiger partial charge in [0.1, 0.15) is 12.4 Å². The smallest absolute Gasteiger partial charge is 0.416 e. The quantitative estimate of drug-likeness (QED) is 0.818. The normalized spacial score (nSPS) is 14.0. The van der Waals surface area contributed by atoms with Gasteiger partial charge in [0.05, 0.1) is 5.56 Å². The highest BCUT2D eigenvalue weighted by molar-refractivity contribution is 6.00. The molecular weight excluding hydrogens is 305 g/mol. The van der Waals surface area contributed by atoms with E-state index in [0.29, 0.717) is 29.7 Å². The van der Waals surface area contributed by atoms with Crippen LogP contribution in [0.2, 0.25) is 0 Å². The van der Waals surface area contributed by atoms with Crippen LogP contribution in [0.3, 0.4) is 0 Å². The lowest BCUT2D eigenvalue weighted by atomic mass is 10.0. The molecule has 0 aliphatic heterocycles. The van der Waals surface area contributed by atoms with Gasteiger partial charge >= 0.3 is 6.18 Å². The molecule has 23 heavy (non-hydrogen) atoms. The van der Waals surface area contributed by atoms with E-state index in [4.69, 9.17) is 4.74 Å². The topological polar surface area (TPSA) is 26.3 Å². The predicted octanol–water partition coefficient (Wildman–Crippen LogP) is 4.72. The van der Waals surface area contributed by atoms with Crippen molar-refractivity contribution < 1.29 is 22.7 Å². The number of rotatable bonds is 3. The van der Waals surface area contributed by atoms with Crippen LogP contribution in [0, 0.1) is 6.92 Å². The van der Waals surface area contributed by atoms with Crippen molar-refractivity contribution in [3.63, 3.8) is 0 Å². The molecule has 2 aromatic carbocycles. The Hall–Kier alpha value is -2.30. The first-order valence-corrected chi connectivity index (χ1v) is 7.30. The Morgan fingerprint density at radius 1 is 1.09 bits per heavy atom. The summed E-state index contributed by atoms with van der Waals surface area (Å²) in [5.41, 5.74) is 1.66. The number of carbonyl (C=O) groups is 1. The van der Waals surface area contributed by atoms with Crippen molar-refractivity contribution in [3.8, 4) is 5.75 Å². The van der Waals surface area contributed by atoms with Gasteiger partial charge in [-0.05, 0) is 54.3 Å². The highest BCUT2D eigenvalue weighted by atomic mass is 19.4. The number of benzene rings is 2.